The zero-order valence-electron chi connectivity index (χ0n) is 15.5. The first-order chi connectivity index (χ1) is 13.2. The normalized spacial score (nSPS) is 11.6. The molecule has 2 heterocycles. The minimum atomic E-state index is -2.73. The number of benzene rings is 1. The van der Waals surface area contributed by atoms with Gasteiger partial charge in [0.25, 0.3) is 5.69 Å². The molecule has 0 aliphatic heterocycles. The van der Waals surface area contributed by atoms with Crippen LogP contribution < -0.4 is 4.74 Å². The van der Waals surface area contributed by atoms with Gasteiger partial charge in [-0.1, -0.05) is 12.1 Å². The van der Waals surface area contributed by atoms with Crippen LogP contribution in [0, 0.1) is 10.1 Å². The van der Waals surface area contributed by atoms with Crippen LogP contribution in [-0.4, -0.2) is 42.5 Å². The van der Waals surface area contributed by atoms with E-state index >= 15 is 0 Å². The van der Waals surface area contributed by atoms with Crippen molar-refractivity contribution in [3.63, 3.8) is 0 Å². The summed E-state index contributed by atoms with van der Waals surface area (Å²) in [5.41, 5.74) is 2.04. The molecule has 0 N–H and O–H groups in total. The van der Waals surface area contributed by atoms with Gasteiger partial charge in [-0.05, 0) is 22.9 Å². The maximum absolute atomic E-state index is 12.9. The number of hydrogen-bond acceptors (Lipinski definition) is 5. The zero-order chi connectivity index (χ0) is 20.5. The van der Waals surface area contributed by atoms with Crippen molar-refractivity contribution in [2.24, 2.45) is 0 Å². The lowest BCUT2D eigenvalue weighted by Crippen LogP contribution is -2.29. The maximum atomic E-state index is 12.9. The van der Waals surface area contributed by atoms with Gasteiger partial charge in [0.05, 0.1) is 18.2 Å². The Labute approximate surface area is 161 Å². The standard InChI is InChI=1S/C17H16B2F2N4O3/c1-28-13-5-6-14(17(18,19)11-8-22-24(9-11)16(20)21)23-15(13)10-3-2-4-12(7-10)25(26)27/h2-9,16H,18-19H2,1H3. The van der Waals surface area contributed by atoms with Crippen molar-refractivity contribution in [2.45, 2.75) is 11.8 Å². The maximum Gasteiger partial charge on any atom is 0.333 e. The number of alkyl halides is 2. The topological polar surface area (TPSA) is 83.1 Å². The van der Waals surface area contributed by atoms with Crippen LogP contribution in [0.5, 0.6) is 5.75 Å². The molecule has 0 saturated heterocycles. The Morgan fingerprint density at radius 1 is 1.29 bits per heavy atom. The third kappa shape index (κ3) is 3.60. The van der Waals surface area contributed by atoms with Gasteiger partial charge in [0.2, 0.25) is 0 Å². The van der Waals surface area contributed by atoms with E-state index in [1.54, 1.807) is 24.3 Å². The summed E-state index contributed by atoms with van der Waals surface area (Å²) < 4.78 is 31.7. The van der Waals surface area contributed by atoms with Crippen LogP contribution in [0.3, 0.4) is 0 Å². The molecule has 0 bridgehead atoms. The summed E-state index contributed by atoms with van der Waals surface area (Å²) >= 11 is 0. The van der Waals surface area contributed by atoms with Gasteiger partial charge in [-0.15, -0.1) is 0 Å². The average Bonchev–Trinajstić information content (AvgIpc) is 3.19. The van der Waals surface area contributed by atoms with Gasteiger partial charge in [0.1, 0.15) is 27.1 Å². The molecule has 0 fully saturated rings. The third-order valence-corrected chi connectivity index (χ3v) is 4.57. The second-order valence-corrected chi connectivity index (χ2v) is 6.67. The number of halogens is 2. The van der Waals surface area contributed by atoms with E-state index in [2.05, 4.69) is 10.1 Å². The molecule has 0 atom stereocenters. The van der Waals surface area contributed by atoms with Crippen LogP contribution in [0.25, 0.3) is 11.3 Å². The fourth-order valence-electron chi connectivity index (χ4n) is 2.85. The largest absolute Gasteiger partial charge is 0.494 e. The van der Waals surface area contributed by atoms with Crippen molar-refractivity contribution in [1.29, 1.82) is 0 Å². The van der Waals surface area contributed by atoms with E-state index in [0.29, 0.717) is 32.9 Å². The molecule has 3 rings (SSSR count). The second-order valence-electron chi connectivity index (χ2n) is 6.67. The highest BCUT2D eigenvalue weighted by Crippen LogP contribution is 2.34. The van der Waals surface area contributed by atoms with E-state index < -0.39 is 16.7 Å². The van der Waals surface area contributed by atoms with E-state index in [0.717, 1.165) is 0 Å². The first kappa shape index (κ1) is 19.5. The Morgan fingerprint density at radius 2 is 2.04 bits per heavy atom. The number of non-ortho nitro benzene ring substituents is 1. The van der Waals surface area contributed by atoms with Gasteiger partial charge >= 0.3 is 6.55 Å². The molecule has 7 nitrogen and oxygen atoms in total. The Morgan fingerprint density at radius 3 is 2.64 bits per heavy atom. The zero-order valence-corrected chi connectivity index (χ0v) is 15.5. The van der Waals surface area contributed by atoms with Crippen molar-refractivity contribution >= 4 is 21.4 Å². The lowest BCUT2D eigenvalue weighted by Gasteiger charge is -2.24. The fourth-order valence-corrected chi connectivity index (χ4v) is 2.85. The van der Waals surface area contributed by atoms with E-state index in [1.807, 2.05) is 15.7 Å². The van der Waals surface area contributed by atoms with Gasteiger partial charge in [0, 0.05) is 29.6 Å². The third-order valence-electron chi connectivity index (χ3n) is 4.57. The van der Waals surface area contributed by atoms with Crippen molar-refractivity contribution in [3.05, 3.63) is 70.2 Å². The summed E-state index contributed by atoms with van der Waals surface area (Å²) in [6.45, 7) is -2.73. The fraction of sp³-hybridized carbons (Fsp3) is 0.176. The molecule has 2 aromatic heterocycles. The summed E-state index contributed by atoms with van der Waals surface area (Å²) in [7, 11) is 5.16. The molecule has 11 heteroatoms. The van der Waals surface area contributed by atoms with E-state index in [1.165, 1.54) is 31.6 Å². The molecule has 0 saturated carbocycles. The van der Waals surface area contributed by atoms with Crippen molar-refractivity contribution < 1.29 is 18.4 Å². The number of aromatic nitrogens is 3. The average molecular weight is 384 g/mol. The molecule has 142 valence electrons. The molecule has 0 unspecified atom stereocenters. The Bertz CT molecular complexity index is 1030. The summed E-state index contributed by atoms with van der Waals surface area (Å²) in [4.78, 5) is 15.3. The number of ether oxygens (including phenoxy) is 1. The van der Waals surface area contributed by atoms with Gasteiger partial charge < -0.3 is 4.74 Å². The van der Waals surface area contributed by atoms with Gasteiger partial charge in [-0.2, -0.15) is 13.9 Å². The summed E-state index contributed by atoms with van der Waals surface area (Å²) in [6.07, 6.45) is 2.66. The van der Waals surface area contributed by atoms with Crippen LogP contribution in [0.2, 0.25) is 0 Å². The van der Waals surface area contributed by atoms with Crippen LogP contribution in [0.4, 0.5) is 14.5 Å². The molecular formula is C17H16B2F2N4O3. The highest BCUT2D eigenvalue weighted by molar-refractivity contribution is 6.42. The number of nitrogens with zero attached hydrogens (tertiary/aromatic N) is 4. The predicted molar refractivity (Wildman–Crippen MR) is 104 cm³/mol. The summed E-state index contributed by atoms with van der Waals surface area (Å²) in [5.74, 6) is 0.448. The summed E-state index contributed by atoms with van der Waals surface area (Å²) in [6, 6.07) is 9.51. The van der Waals surface area contributed by atoms with Gasteiger partial charge in [-0.25, -0.2) is 9.67 Å². The molecule has 28 heavy (non-hydrogen) atoms. The Hall–Kier alpha value is -3.23. The lowest BCUT2D eigenvalue weighted by molar-refractivity contribution is -0.384. The highest BCUT2D eigenvalue weighted by atomic mass is 19.3. The monoisotopic (exact) mass is 384 g/mol. The van der Waals surface area contributed by atoms with Crippen LogP contribution >= 0.6 is 0 Å². The van der Waals surface area contributed by atoms with Crippen molar-refractivity contribution in [2.75, 3.05) is 7.11 Å². The molecule has 0 radical (unpaired) electrons. The Kier molecular flexibility index (Phi) is 5.17. The second kappa shape index (κ2) is 7.41. The SMILES string of the molecule is BC(B)(c1cnn(C(F)F)c1)c1ccc(OC)c(-c2cccc([N+](=O)[O-])c2)n1. The quantitative estimate of drug-likeness (QED) is 0.367. The molecular weight excluding hydrogens is 368 g/mol. The van der Waals surface area contributed by atoms with Crippen molar-refractivity contribution in [3.8, 4) is 17.0 Å². The van der Waals surface area contributed by atoms with E-state index in [4.69, 9.17) is 4.74 Å². The minimum Gasteiger partial charge on any atom is -0.494 e. The number of nitro benzene ring substituents is 1. The van der Waals surface area contributed by atoms with E-state index in [-0.39, 0.29) is 5.69 Å². The lowest BCUT2D eigenvalue weighted by atomic mass is 9.50. The number of hydrogen-bond donors (Lipinski definition) is 0. The molecule has 0 amide bonds. The van der Waals surface area contributed by atoms with Crippen LogP contribution in [0.1, 0.15) is 17.8 Å². The molecule has 0 aliphatic rings. The number of rotatable bonds is 6. The highest BCUT2D eigenvalue weighted by Gasteiger charge is 2.28. The Balaban J connectivity index is 2.09. The van der Waals surface area contributed by atoms with E-state index in [9.17, 15) is 18.9 Å². The first-order valence-electron chi connectivity index (χ1n) is 8.37. The van der Waals surface area contributed by atoms with Gasteiger partial charge in [-0.3, -0.25) is 10.1 Å². The van der Waals surface area contributed by atoms with Crippen LogP contribution in [-0.2, 0) is 5.21 Å². The molecule has 3 aromatic rings. The van der Waals surface area contributed by atoms with Gasteiger partial charge in [0.15, 0.2) is 0 Å². The minimum absolute atomic E-state index is 0.0655. The van der Waals surface area contributed by atoms with Crippen LogP contribution in [0.15, 0.2) is 48.8 Å². The number of nitro groups is 1. The predicted octanol–water partition coefficient (Wildman–Crippen LogP) is 1.72. The molecule has 0 aliphatic carbocycles. The number of pyridine rings is 1. The molecule has 0 spiro atoms. The smallest absolute Gasteiger partial charge is 0.333 e. The molecule has 1 aromatic carbocycles. The first-order valence-corrected chi connectivity index (χ1v) is 8.37. The van der Waals surface area contributed by atoms with Crippen molar-refractivity contribution in [1.82, 2.24) is 14.8 Å². The summed E-state index contributed by atoms with van der Waals surface area (Å²) in [5, 5.41) is 14.1. The number of methoxy groups -OCH3 is 1.